The zero-order valence-electron chi connectivity index (χ0n) is 11.5. The first-order valence-corrected chi connectivity index (χ1v) is 6.37. The standard InChI is InChI=1S/C14H17FN4O/c1-3-19-10-11(8-16-19)9-18(2)14(20)17-13-6-4-5-12(15)7-13/h4-8,10H,3,9H2,1-2H3,(H,17,20). The second-order valence-corrected chi connectivity index (χ2v) is 4.50. The molecule has 1 aromatic heterocycles. The fraction of sp³-hybridized carbons (Fsp3) is 0.286. The average molecular weight is 276 g/mol. The van der Waals surface area contributed by atoms with Gasteiger partial charge < -0.3 is 10.2 Å². The minimum atomic E-state index is -0.380. The number of urea groups is 1. The summed E-state index contributed by atoms with van der Waals surface area (Å²) in [5, 5.41) is 6.79. The maximum absolute atomic E-state index is 13.0. The third-order valence-electron chi connectivity index (χ3n) is 2.85. The monoisotopic (exact) mass is 276 g/mol. The predicted octanol–water partition coefficient (Wildman–Crippen LogP) is 2.71. The smallest absolute Gasteiger partial charge is 0.321 e. The van der Waals surface area contributed by atoms with Crippen LogP contribution < -0.4 is 5.32 Å². The molecule has 2 aromatic rings. The molecule has 2 amide bonds. The Morgan fingerprint density at radius 2 is 2.30 bits per heavy atom. The third-order valence-corrected chi connectivity index (χ3v) is 2.85. The Bertz CT molecular complexity index is 596. The summed E-state index contributed by atoms with van der Waals surface area (Å²) in [5.74, 6) is -0.380. The molecule has 0 radical (unpaired) electrons. The summed E-state index contributed by atoms with van der Waals surface area (Å²) in [6, 6.07) is 5.51. The zero-order valence-corrected chi connectivity index (χ0v) is 11.5. The van der Waals surface area contributed by atoms with Crippen molar-refractivity contribution < 1.29 is 9.18 Å². The Balaban J connectivity index is 1.95. The molecule has 2 rings (SSSR count). The molecule has 0 atom stereocenters. The topological polar surface area (TPSA) is 50.2 Å². The van der Waals surface area contributed by atoms with Crippen molar-refractivity contribution in [2.24, 2.45) is 0 Å². The van der Waals surface area contributed by atoms with Gasteiger partial charge >= 0.3 is 6.03 Å². The molecule has 20 heavy (non-hydrogen) atoms. The molecule has 1 heterocycles. The molecule has 0 aliphatic rings. The van der Waals surface area contributed by atoms with Crippen LogP contribution >= 0.6 is 0 Å². The second kappa shape index (κ2) is 6.18. The number of aromatic nitrogens is 2. The predicted molar refractivity (Wildman–Crippen MR) is 74.8 cm³/mol. The molecule has 0 aliphatic carbocycles. The molecule has 0 spiro atoms. The lowest BCUT2D eigenvalue weighted by atomic mass is 10.3. The van der Waals surface area contributed by atoms with Gasteiger partial charge in [0.2, 0.25) is 0 Å². The van der Waals surface area contributed by atoms with E-state index in [1.807, 2.05) is 13.1 Å². The van der Waals surface area contributed by atoms with Gasteiger partial charge in [-0.05, 0) is 25.1 Å². The van der Waals surface area contributed by atoms with E-state index in [-0.39, 0.29) is 11.8 Å². The van der Waals surface area contributed by atoms with Crippen molar-refractivity contribution in [1.29, 1.82) is 0 Å². The van der Waals surface area contributed by atoms with Gasteiger partial charge in [-0.25, -0.2) is 9.18 Å². The molecule has 6 heteroatoms. The van der Waals surface area contributed by atoms with Crippen molar-refractivity contribution >= 4 is 11.7 Å². The van der Waals surface area contributed by atoms with Crippen molar-refractivity contribution in [2.45, 2.75) is 20.0 Å². The van der Waals surface area contributed by atoms with E-state index in [4.69, 9.17) is 0 Å². The number of hydrogen-bond acceptors (Lipinski definition) is 2. The molecule has 0 saturated heterocycles. The van der Waals surface area contributed by atoms with Crippen LogP contribution in [0.5, 0.6) is 0 Å². The molecule has 0 bridgehead atoms. The molecular formula is C14H17FN4O. The zero-order chi connectivity index (χ0) is 14.5. The maximum Gasteiger partial charge on any atom is 0.321 e. The molecule has 1 aromatic carbocycles. The van der Waals surface area contributed by atoms with Crippen LogP contribution in [-0.4, -0.2) is 27.8 Å². The van der Waals surface area contributed by atoms with Crippen LogP contribution in [0.25, 0.3) is 0 Å². The van der Waals surface area contributed by atoms with Crippen LogP contribution in [0.4, 0.5) is 14.9 Å². The summed E-state index contributed by atoms with van der Waals surface area (Å²) in [6.07, 6.45) is 3.63. The molecule has 0 unspecified atom stereocenters. The number of anilines is 1. The first kappa shape index (κ1) is 14.0. The highest BCUT2D eigenvalue weighted by molar-refractivity contribution is 5.89. The number of carbonyl (C=O) groups is 1. The number of amides is 2. The number of aryl methyl sites for hydroxylation is 1. The summed E-state index contributed by atoms with van der Waals surface area (Å²) < 4.78 is 14.8. The van der Waals surface area contributed by atoms with E-state index in [0.29, 0.717) is 12.2 Å². The lowest BCUT2D eigenvalue weighted by molar-refractivity contribution is 0.220. The molecule has 106 valence electrons. The molecule has 0 saturated carbocycles. The average Bonchev–Trinajstić information content (AvgIpc) is 2.86. The fourth-order valence-electron chi connectivity index (χ4n) is 1.79. The van der Waals surface area contributed by atoms with Gasteiger partial charge in [0.05, 0.1) is 12.7 Å². The van der Waals surface area contributed by atoms with Gasteiger partial charge in [-0.3, -0.25) is 4.68 Å². The Kier molecular flexibility index (Phi) is 4.34. The molecule has 1 N–H and O–H groups in total. The van der Waals surface area contributed by atoms with Crippen molar-refractivity contribution in [2.75, 3.05) is 12.4 Å². The second-order valence-electron chi connectivity index (χ2n) is 4.50. The maximum atomic E-state index is 13.0. The van der Waals surface area contributed by atoms with Gasteiger partial charge in [0.15, 0.2) is 0 Å². The van der Waals surface area contributed by atoms with Gasteiger partial charge in [0.1, 0.15) is 5.82 Å². The molecular weight excluding hydrogens is 259 g/mol. The number of carbonyl (C=O) groups excluding carboxylic acids is 1. The summed E-state index contributed by atoms with van der Waals surface area (Å²) in [4.78, 5) is 13.5. The quantitative estimate of drug-likeness (QED) is 0.933. The third kappa shape index (κ3) is 3.57. The Labute approximate surface area is 117 Å². The van der Waals surface area contributed by atoms with Crippen molar-refractivity contribution in [3.63, 3.8) is 0 Å². The summed E-state index contributed by atoms with van der Waals surface area (Å²) in [5.41, 5.74) is 1.38. The van der Waals surface area contributed by atoms with Crippen LogP contribution in [0.2, 0.25) is 0 Å². The van der Waals surface area contributed by atoms with Crippen molar-refractivity contribution in [1.82, 2.24) is 14.7 Å². The van der Waals surface area contributed by atoms with E-state index in [1.54, 1.807) is 30.1 Å². The van der Waals surface area contributed by atoms with E-state index >= 15 is 0 Å². The van der Waals surface area contributed by atoms with Crippen molar-refractivity contribution in [3.05, 3.63) is 48.0 Å². The van der Waals surface area contributed by atoms with Gasteiger partial charge in [-0.2, -0.15) is 5.10 Å². The van der Waals surface area contributed by atoms with E-state index in [0.717, 1.165) is 12.1 Å². The fourth-order valence-corrected chi connectivity index (χ4v) is 1.79. The van der Waals surface area contributed by atoms with E-state index in [1.165, 1.54) is 17.0 Å². The number of benzene rings is 1. The largest absolute Gasteiger partial charge is 0.323 e. The van der Waals surface area contributed by atoms with Gasteiger partial charge in [-0.1, -0.05) is 6.07 Å². The number of nitrogens with one attached hydrogen (secondary N) is 1. The van der Waals surface area contributed by atoms with Gasteiger partial charge in [-0.15, -0.1) is 0 Å². The minimum absolute atomic E-state index is 0.292. The first-order valence-electron chi connectivity index (χ1n) is 6.37. The van der Waals surface area contributed by atoms with Gasteiger partial charge in [0.25, 0.3) is 0 Å². The Morgan fingerprint density at radius 3 is 2.95 bits per heavy atom. The van der Waals surface area contributed by atoms with Crippen LogP contribution in [0.15, 0.2) is 36.7 Å². The Hall–Kier alpha value is -2.37. The lowest BCUT2D eigenvalue weighted by Gasteiger charge is -2.17. The van der Waals surface area contributed by atoms with Crippen molar-refractivity contribution in [3.8, 4) is 0 Å². The van der Waals surface area contributed by atoms with Gasteiger partial charge in [0, 0.05) is 31.0 Å². The van der Waals surface area contributed by atoms with E-state index in [2.05, 4.69) is 10.4 Å². The molecule has 0 aliphatic heterocycles. The van der Waals surface area contributed by atoms with Crippen LogP contribution in [0.3, 0.4) is 0 Å². The van der Waals surface area contributed by atoms with Crippen LogP contribution in [0.1, 0.15) is 12.5 Å². The molecule has 0 fully saturated rings. The summed E-state index contributed by atoms with van der Waals surface area (Å²) in [6.45, 7) is 3.23. The first-order chi connectivity index (χ1) is 9.58. The number of halogens is 1. The highest BCUT2D eigenvalue weighted by atomic mass is 19.1. The minimum Gasteiger partial charge on any atom is -0.323 e. The summed E-state index contributed by atoms with van der Waals surface area (Å²) >= 11 is 0. The Morgan fingerprint density at radius 1 is 1.50 bits per heavy atom. The van der Waals surface area contributed by atoms with Crippen LogP contribution in [0, 0.1) is 5.82 Å². The highest BCUT2D eigenvalue weighted by Crippen LogP contribution is 2.10. The van der Waals surface area contributed by atoms with Crippen LogP contribution in [-0.2, 0) is 13.1 Å². The highest BCUT2D eigenvalue weighted by Gasteiger charge is 2.10. The van der Waals surface area contributed by atoms with E-state index < -0.39 is 0 Å². The number of rotatable bonds is 4. The number of nitrogens with zero attached hydrogens (tertiary/aromatic N) is 3. The SMILES string of the molecule is CCn1cc(CN(C)C(=O)Nc2cccc(F)c2)cn1. The normalized spacial score (nSPS) is 10.3. The summed E-state index contributed by atoms with van der Waals surface area (Å²) in [7, 11) is 1.68. The van der Waals surface area contributed by atoms with E-state index in [9.17, 15) is 9.18 Å². The lowest BCUT2D eigenvalue weighted by Crippen LogP contribution is -2.30. The molecule has 5 nitrogen and oxygen atoms in total. The number of hydrogen-bond donors (Lipinski definition) is 1.